The summed E-state index contributed by atoms with van der Waals surface area (Å²) in [6, 6.07) is 8.82. The number of carbonyl (C=O) groups is 1. The zero-order chi connectivity index (χ0) is 10.5. The quantitative estimate of drug-likeness (QED) is 0.731. The maximum atomic E-state index is 11.7. The van der Waals surface area contributed by atoms with Crippen LogP contribution in [0.1, 0.15) is 0 Å². The molecule has 0 aliphatic carbocycles. The van der Waals surface area contributed by atoms with E-state index < -0.39 is 6.04 Å². The maximum Gasteiger partial charge on any atom is 0.255 e. The first-order valence-electron chi connectivity index (χ1n) is 4.75. The highest BCUT2D eigenvalue weighted by Gasteiger charge is 2.15. The molecule has 1 N–H and O–H groups in total. The Hall–Kier alpha value is -1.97. The van der Waals surface area contributed by atoms with E-state index in [-0.39, 0.29) is 5.91 Å². The van der Waals surface area contributed by atoms with E-state index in [4.69, 9.17) is 0 Å². The van der Waals surface area contributed by atoms with Crippen LogP contribution >= 0.6 is 0 Å². The third-order valence-electron chi connectivity index (χ3n) is 2.02. The van der Waals surface area contributed by atoms with Crippen LogP contribution in [-0.4, -0.2) is 18.5 Å². The van der Waals surface area contributed by atoms with Gasteiger partial charge in [-0.05, 0) is 12.1 Å². The van der Waals surface area contributed by atoms with Crippen molar-refractivity contribution in [3.05, 3.63) is 42.5 Å². The van der Waals surface area contributed by atoms with Gasteiger partial charge in [0.2, 0.25) is 0 Å². The molecule has 1 aromatic carbocycles. The van der Waals surface area contributed by atoms with Crippen LogP contribution in [-0.2, 0) is 4.79 Å². The third-order valence-corrected chi connectivity index (χ3v) is 2.02. The minimum Gasteiger partial charge on any atom is -0.324 e. The number of nitrogens with one attached hydrogen (secondary N) is 1. The molecule has 0 aromatic heterocycles. The van der Waals surface area contributed by atoms with Crippen LogP contribution in [0.15, 0.2) is 52.7 Å². The minimum absolute atomic E-state index is 0.152. The number of anilines is 1. The van der Waals surface area contributed by atoms with Gasteiger partial charge in [-0.2, -0.15) is 10.2 Å². The zero-order valence-electron chi connectivity index (χ0n) is 8.13. The average molecular weight is 201 g/mol. The molecule has 0 fully saturated rings. The fourth-order valence-corrected chi connectivity index (χ4v) is 1.29. The topological polar surface area (TPSA) is 53.8 Å². The summed E-state index contributed by atoms with van der Waals surface area (Å²) in [5.41, 5.74) is 0.775. The molecule has 1 aliphatic rings. The van der Waals surface area contributed by atoms with Gasteiger partial charge in [-0.1, -0.05) is 30.4 Å². The smallest absolute Gasteiger partial charge is 0.255 e. The van der Waals surface area contributed by atoms with Gasteiger partial charge in [0.25, 0.3) is 5.91 Å². The summed E-state index contributed by atoms with van der Waals surface area (Å²) < 4.78 is 0. The van der Waals surface area contributed by atoms with E-state index in [1.54, 1.807) is 6.08 Å². The molecule has 0 radical (unpaired) electrons. The van der Waals surface area contributed by atoms with E-state index in [9.17, 15) is 4.79 Å². The molecule has 1 unspecified atom stereocenters. The van der Waals surface area contributed by atoms with E-state index in [0.29, 0.717) is 6.54 Å². The molecule has 4 nitrogen and oxygen atoms in total. The second kappa shape index (κ2) is 4.50. The number of azo groups is 1. The van der Waals surface area contributed by atoms with Crippen LogP contribution in [0.2, 0.25) is 0 Å². The molecular formula is C11H11N3O. The number of nitrogens with zero attached hydrogens (tertiary/aromatic N) is 2. The first-order valence-corrected chi connectivity index (χ1v) is 4.75. The monoisotopic (exact) mass is 201 g/mol. The normalized spacial score (nSPS) is 18.8. The number of rotatable bonds is 2. The van der Waals surface area contributed by atoms with Crippen molar-refractivity contribution < 1.29 is 4.79 Å². The van der Waals surface area contributed by atoms with E-state index in [1.807, 2.05) is 36.4 Å². The van der Waals surface area contributed by atoms with Crippen molar-refractivity contribution in [1.29, 1.82) is 0 Å². The fourth-order valence-electron chi connectivity index (χ4n) is 1.29. The summed E-state index contributed by atoms with van der Waals surface area (Å²) in [5, 5.41) is 10.4. The van der Waals surface area contributed by atoms with Crippen LogP contribution in [0.25, 0.3) is 0 Å². The molecule has 0 saturated carbocycles. The summed E-state index contributed by atoms with van der Waals surface area (Å²) in [6.07, 6.45) is 3.59. The highest BCUT2D eigenvalue weighted by molar-refractivity contribution is 5.96. The van der Waals surface area contributed by atoms with E-state index in [2.05, 4.69) is 15.5 Å². The zero-order valence-corrected chi connectivity index (χ0v) is 8.13. The summed E-state index contributed by atoms with van der Waals surface area (Å²) in [4.78, 5) is 11.7. The molecule has 2 rings (SSSR count). The molecule has 1 aliphatic heterocycles. The van der Waals surface area contributed by atoms with Gasteiger partial charge in [-0.3, -0.25) is 4.79 Å². The Morgan fingerprint density at radius 3 is 2.80 bits per heavy atom. The largest absolute Gasteiger partial charge is 0.324 e. The molecule has 1 amide bonds. The van der Waals surface area contributed by atoms with E-state index in [1.165, 1.54) is 0 Å². The van der Waals surface area contributed by atoms with Crippen LogP contribution in [0.4, 0.5) is 5.69 Å². The third kappa shape index (κ3) is 2.49. The summed E-state index contributed by atoms with van der Waals surface area (Å²) in [5.74, 6) is -0.152. The predicted octanol–water partition coefficient (Wildman–Crippen LogP) is 2.02. The maximum absolute atomic E-state index is 11.7. The Morgan fingerprint density at radius 2 is 2.13 bits per heavy atom. The summed E-state index contributed by atoms with van der Waals surface area (Å²) >= 11 is 0. The first kappa shape index (κ1) is 9.58. The van der Waals surface area contributed by atoms with Gasteiger partial charge in [-0.25, -0.2) is 0 Å². The Morgan fingerprint density at radius 1 is 1.33 bits per heavy atom. The van der Waals surface area contributed by atoms with Gasteiger partial charge in [0.05, 0.1) is 6.54 Å². The Balaban J connectivity index is 2.01. The summed E-state index contributed by atoms with van der Waals surface area (Å²) in [6.45, 7) is 0.565. The highest BCUT2D eigenvalue weighted by Crippen LogP contribution is 2.08. The number of benzene rings is 1. The highest BCUT2D eigenvalue weighted by atomic mass is 16.2. The molecule has 0 bridgehead atoms. The van der Waals surface area contributed by atoms with Crippen molar-refractivity contribution in [2.24, 2.45) is 10.2 Å². The van der Waals surface area contributed by atoms with Gasteiger partial charge in [-0.15, -0.1) is 0 Å². The molecule has 4 heteroatoms. The van der Waals surface area contributed by atoms with Gasteiger partial charge < -0.3 is 5.32 Å². The van der Waals surface area contributed by atoms with Crippen molar-refractivity contribution in [3.63, 3.8) is 0 Å². The van der Waals surface area contributed by atoms with E-state index >= 15 is 0 Å². The van der Waals surface area contributed by atoms with Crippen LogP contribution < -0.4 is 5.32 Å². The van der Waals surface area contributed by atoms with Gasteiger partial charge >= 0.3 is 0 Å². The standard InChI is InChI=1S/C11H11N3O/c15-11(10-7-4-8-12-14-10)13-9-5-2-1-3-6-9/h1-7,10H,8H2,(H,13,15). The number of carbonyl (C=O) groups excluding carboxylic acids is 1. The van der Waals surface area contributed by atoms with Crippen LogP contribution in [0.5, 0.6) is 0 Å². The van der Waals surface area contributed by atoms with Gasteiger partial charge in [0, 0.05) is 5.69 Å². The van der Waals surface area contributed by atoms with Crippen molar-refractivity contribution >= 4 is 11.6 Å². The van der Waals surface area contributed by atoms with Crippen molar-refractivity contribution in [1.82, 2.24) is 0 Å². The number of hydrogen-bond acceptors (Lipinski definition) is 3. The predicted molar refractivity (Wildman–Crippen MR) is 57.7 cm³/mol. The molecule has 1 aromatic rings. The van der Waals surface area contributed by atoms with Gasteiger partial charge in [0.15, 0.2) is 6.04 Å². The fraction of sp³-hybridized carbons (Fsp3) is 0.182. The summed E-state index contributed by atoms with van der Waals surface area (Å²) in [7, 11) is 0. The lowest BCUT2D eigenvalue weighted by molar-refractivity contribution is -0.116. The molecule has 15 heavy (non-hydrogen) atoms. The Labute approximate surface area is 87.7 Å². The molecule has 0 spiro atoms. The minimum atomic E-state index is -0.487. The molecule has 0 saturated heterocycles. The average Bonchev–Trinajstić information content (AvgIpc) is 2.31. The lowest BCUT2D eigenvalue weighted by atomic mass is 10.2. The van der Waals surface area contributed by atoms with Crippen molar-refractivity contribution in [3.8, 4) is 0 Å². The Kier molecular flexibility index (Phi) is 2.88. The first-order chi connectivity index (χ1) is 7.36. The van der Waals surface area contributed by atoms with Crippen LogP contribution in [0.3, 0.4) is 0 Å². The molecule has 1 atom stereocenters. The van der Waals surface area contributed by atoms with Crippen molar-refractivity contribution in [2.45, 2.75) is 6.04 Å². The molecule has 1 heterocycles. The van der Waals surface area contributed by atoms with Crippen molar-refractivity contribution in [2.75, 3.05) is 11.9 Å². The number of hydrogen-bond donors (Lipinski definition) is 1. The molecule has 76 valence electrons. The van der Waals surface area contributed by atoms with Gasteiger partial charge in [0.1, 0.15) is 0 Å². The molecular weight excluding hydrogens is 190 g/mol. The Bertz CT molecular complexity index is 386. The lowest BCUT2D eigenvalue weighted by Crippen LogP contribution is -2.25. The number of para-hydroxylation sites is 1. The second-order valence-electron chi connectivity index (χ2n) is 3.17. The van der Waals surface area contributed by atoms with E-state index in [0.717, 1.165) is 5.69 Å². The SMILES string of the molecule is O=C(Nc1ccccc1)C1C=CCN=N1. The lowest BCUT2D eigenvalue weighted by Gasteiger charge is -2.09. The second-order valence-corrected chi connectivity index (χ2v) is 3.17. The van der Waals surface area contributed by atoms with Crippen LogP contribution in [0, 0.1) is 0 Å². The number of amides is 1.